The number of benzene rings is 4. The zero-order valence-corrected chi connectivity index (χ0v) is 18.7. The Kier molecular flexibility index (Phi) is 4.03. The average molecular weight is 464 g/mol. The van der Waals surface area contributed by atoms with E-state index in [1.54, 1.807) is 11.3 Å². The molecule has 0 bridgehead atoms. The molecule has 0 amide bonds. The lowest BCUT2D eigenvalue weighted by Gasteiger charge is -2.06. The maximum Gasteiger partial charge on any atom is 0.226 e. The predicted molar refractivity (Wildman–Crippen MR) is 136 cm³/mol. The summed E-state index contributed by atoms with van der Waals surface area (Å²) >= 11 is 8.16. The van der Waals surface area contributed by atoms with E-state index in [1.807, 2.05) is 42.5 Å². The van der Waals surface area contributed by atoms with Crippen LogP contribution in [0.2, 0.25) is 5.28 Å². The van der Waals surface area contributed by atoms with Gasteiger partial charge in [-0.25, -0.2) is 4.98 Å². The third-order valence-electron chi connectivity index (χ3n) is 5.89. The van der Waals surface area contributed by atoms with Gasteiger partial charge < -0.3 is 4.42 Å². The molecule has 3 aromatic heterocycles. The van der Waals surface area contributed by atoms with Crippen LogP contribution in [0.1, 0.15) is 0 Å². The number of fused-ring (bicyclic) bond motifs is 6. The van der Waals surface area contributed by atoms with Crippen molar-refractivity contribution in [2.24, 2.45) is 0 Å². The molecule has 4 nitrogen and oxygen atoms in total. The lowest BCUT2D eigenvalue weighted by molar-refractivity contribution is 0.669. The first-order chi connectivity index (χ1) is 16.2. The van der Waals surface area contributed by atoms with Crippen LogP contribution in [-0.2, 0) is 0 Å². The molecule has 0 aliphatic heterocycles. The van der Waals surface area contributed by atoms with Crippen LogP contribution in [0.15, 0.2) is 89.3 Å². The van der Waals surface area contributed by atoms with Crippen LogP contribution in [0.5, 0.6) is 0 Å². The van der Waals surface area contributed by atoms with Crippen LogP contribution in [0.4, 0.5) is 0 Å². The number of thiophene rings is 1. The lowest BCUT2D eigenvalue weighted by Crippen LogP contribution is -1.97. The second kappa shape index (κ2) is 7.10. The summed E-state index contributed by atoms with van der Waals surface area (Å²) in [6.45, 7) is 0. The monoisotopic (exact) mass is 463 g/mol. The van der Waals surface area contributed by atoms with Gasteiger partial charge in [-0.2, -0.15) is 9.97 Å². The molecule has 7 aromatic rings. The molecule has 0 saturated carbocycles. The highest BCUT2D eigenvalue weighted by atomic mass is 35.5. The fourth-order valence-electron chi connectivity index (χ4n) is 4.39. The van der Waals surface area contributed by atoms with Crippen molar-refractivity contribution in [2.45, 2.75) is 0 Å². The van der Waals surface area contributed by atoms with E-state index in [0.29, 0.717) is 11.6 Å². The van der Waals surface area contributed by atoms with E-state index >= 15 is 0 Å². The summed E-state index contributed by atoms with van der Waals surface area (Å²) in [4.78, 5) is 13.7. The van der Waals surface area contributed by atoms with Crippen molar-refractivity contribution in [3.8, 4) is 22.8 Å². The summed E-state index contributed by atoms with van der Waals surface area (Å²) in [5.41, 5.74) is 3.26. The number of hydrogen-bond acceptors (Lipinski definition) is 5. The van der Waals surface area contributed by atoms with Crippen LogP contribution in [0, 0.1) is 0 Å². The number of para-hydroxylation sites is 2. The molecule has 0 saturated heterocycles. The highest BCUT2D eigenvalue weighted by Crippen LogP contribution is 2.37. The van der Waals surface area contributed by atoms with Crippen LogP contribution in [0.25, 0.3) is 64.9 Å². The van der Waals surface area contributed by atoms with Gasteiger partial charge in [0.25, 0.3) is 0 Å². The Morgan fingerprint density at radius 2 is 1.39 bits per heavy atom. The number of nitrogens with zero attached hydrogens (tertiary/aromatic N) is 3. The molecule has 156 valence electrons. The summed E-state index contributed by atoms with van der Waals surface area (Å²) in [6.07, 6.45) is 0. The van der Waals surface area contributed by atoms with Crippen molar-refractivity contribution in [1.29, 1.82) is 0 Å². The van der Waals surface area contributed by atoms with Gasteiger partial charge in [0, 0.05) is 36.5 Å². The Morgan fingerprint density at radius 3 is 2.33 bits per heavy atom. The van der Waals surface area contributed by atoms with Gasteiger partial charge in [0.05, 0.1) is 5.56 Å². The third kappa shape index (κ3) is 2.94. The zero-order chi connectivity index (χ0) is 21.9. The minimum atomic E-state index is 0.151. The smallest absolute Gasteiger partial charge is 0.226 e. The number of aromatic nitrogens is 3. The molecule has 0 radical (unpaired) electrons. The quantitative estimate of drug-likeness (QED) is 0.259. The number of furan rings is 1. The second-order valence-electron chi connectivity index (χ2n) is 7.84. The fraction of sp³-hybridized carbons (Fsp3) is 0. The van der Waals surface area contributed by atoms with Crippen molar-refractivity contribution < 1.29 is 4.42 Å². The first-order valence-electron chi connectivity index (χ1n) is 10.5. The molecule has 33 heavy (non-hydrogen) atoms. The van der Waals surface area contributed by atoms with Gasteiger partial charge in [-0.05, 0) is 48.0 Å². The molecular weight excluding hydrogens is 450 g/mol. The largest absolute Gasteiger partial charge is 0.455 e. The summed E-state index contributed by atoms with van der Waals surface area (Å²) in [6, 6.07) is 28.7. The van der Waals surface area contributed by atoms with Crippen LogP contribution >= 0.6 is 22.9 Å². The van der Waals surface area contributed by atoms with Gasteiger partial charge in [0.2, 0.25) is 5.28 Å². The molecule has 0 spiro atoms. The summed E-state index contributed by atoms with van der Waals surface area (Å²) < 4.78 is 8.67. The molecule has 0 atom stereocenters. The minimum absolute atomic E-state index is 0.151. The van der Waals surface area contributed by atoms with Crippen LogP contribution < -0.4 is 0 Å². The molecular formula is C27H14ClN3OS. The molecule has 0 aliphatic rings. The normalized spacial score (nSPS) is 11.8. The summed E-state index contributed by atoms with van der Waals surface area (Å²) in [5, 5.41) is 4.65. The van der Waals surface area contributed by atoms with E-state index in [2.05, 4.69) is 52.4 Å². The number of halogens is 1. The Bertz CT molecular complexity index is 1850. The standard InChI is InChI=1S/C27H14ClN3OS/c28-27-30-25(15-12-13-23-20(14-15)17-7-2-4-11-22(17)33-23)29-26(31-27)19-9-5-8-18-16-6-1-3-10-21(16)32-24(18)19/h1-14H. The number of rotatable bonds is 2. The molecule has 0 N–H and O–H groups in total. The van der Waals surface area contributed by atoms with Crippen molar-refractivity contribution in [3.05, 3.63) is 90.2 Å². The maximum absolute atomic E-state index is 6.38. The van der Waals surface area contributed by atoms with Crippen molar-refractivity contribution in [1.82, 2.24) is 15.0 Å². The van der Waals surface area contributed by atoms with Crippen molar-refractivity contribution in [3.63, 3.8) is 0 Å². The maximum atomic E-state index is 6.38. The van der Waals surface area contributed by atoms with E-state index in [-0.39, 0.29) is 5.28 Å². The highest BCUT2D eigenvalue weighted by Gasteiger charge is 2.16. The van der Waals surface area contributed by atoms with E-state index in [4.69, 9.17) is 21.0 Å². The molecule has 0 fully saturated rings. The summed E-state index contributed by atoms with van der Waals surface area (Å²) in [7, 11) is 0. The molecule has 0 aliphatic carbocycles. The van der Waals surface area contributed by atoms with E-state index in [0.717, 1.165) is 33.1 Å². The van der Waals surface area contributed by atoms with E-state index in [9.17, 15) is 0 Å². The van der Waals surface area contributed by atoms with Gasteiger partial charge in [0.1, 0.15) is 11.2 Å². The van der Waals surface area contributed by atoms with Crippen molar-refractivity contribution in [2.75, 3.05) is 0 Å². The topological polar surface area (TPSA) is 51.8 Å². The molecule has 3 heterocycles. The molecule has 7 rings (SSSR count). The Labute approximate surface area is 197 Å². The van der Waals surface area contributed by atoms with E-state index in [1.165, 1.54) is 20.2 Å². The third-order valence-corrected chi connectivity index (χ3v) is 7.21. The fourth-order valence-corrected chi connectivity index (χ4v) is 5.63. The average Bonchev–Trinajstić information content (AvgIpc) is 3.41. The summed E-state index contributed by atoms with van der Waals surface area (Å²) in [5.74, 6) is 1.03. The van der Waals surface area contributed by atoms with Gasteiger partial charge >= 0.3 is 0 Å². The van der Waals surface area contributed by atoms with Gasteiger partial charge in [-0.15, -0.1) is 11.3 Å². The van der Waals surface area contributed by atoms with Gasteiger partial charge in [0.15, 0.2) is 11.6 Å². The van der Waals surface area contributed by atoms with Gasteiger partial charge in [-0.3, -0.25) is 0 Å². The SMILES string of the molecule is Clc1nc(-c2ccc3sc4ccccc4c3c2)nc(-c2cccc3c2oc2ccccc23)n1. The second-order valence-corrected chi connectivity index (χ2v) is 9.26. The van der Waals surface area contributed by atoms with Crippen LogP contribution in [0.3, 0.4) is 0 Å². The lowest BCUT2D eigenvalue weighted by atomic mass is 10.1. The Hall–Kier alpha value is -3.80. The van der Waals surface area contributed by atoms with Crippen LogP contribution in [-0.4, -0.2) is 15.0 Å². The van der Waals surface area contributed by atoms with Crippen molar-refractivity contribution >= 4 is 65.0 Å². The highest BCUT2D eigenvalue weighted by molar-refractivity contribution is 7.25. The molecule has 0 unspecified atom stereocenters. The molecule has 6 heteroatoms. The Balaban J connectivity index is 1.44. The molecule has 4 aromatic carbocycles. The minimum Gasteiger partial charge on any atom is -0.455 e. The first kappa shape index (κ1) is 18.7. The number of hydrogen-bond donors (Lipinski definition) is 0. The van der Waals surface area contributed by atoms with E-state index < -0.39 is 0 Å². The zero-order valence-electron chi connectivity index (χ0n) is 17.1. The van der Waals surface area contributed by atoms with Gasteiger partial charge in [-0.1, -0.05) is 48.5 Å². The Morgan fingerprint density at radius 1 is 0.636 bits per heavy atom. The predicted octanol–water partition coefficient (Wildman–Crippen LogP) is 8.13. The first-order valence-corrected chi connectivity index (χ1v) is 11.7.